The molecule has 0 heterocycles. The first-order chi connectivity index (χ1) is 10.5. The van der Waals surface area contributed by atoms with E-state index >= 15 is 0 Å². The molecule has 2 rings (SSSR count). The van der Waals surface area contributed by atoms with Crippen molar-refractivity contribution in [1.82, 2.24) is 10.6 Å². The van der Waals surface area contributed by atoms with Gasteiger partial charge in [-0.3, -0.25) is 4.79 Å². The summed E-state index contributed by atoms with van der Waals surface area (Å²) in [5, 5.41) is 6.21. The quantitative estimate of drug-likeness (QED) is 0.788. The van der Waals surface area contributed by atoms with Gasteiger partial charge in [-0.05, 0) is 56.8 Å². The first-order valence-electron chi connectivity index (χ1n) is 8.64. The molecule has 0 spiro atoms. The van der Waals surface area contributed by atoms with Crippen molar-refractivity contribution >= 4 is 12.0 Å². The average molecular weight is 310 g/mol. The summed E-state index contributed by atoms with van der Waals surface area (Å²) in [6.07, 6.45) is 6.76. The Morgan fingerprint density at radius 2 is 1.64 bits per heavy atom. The Morgan fingerprint density at radius 1 is 0.955 bits per heavy atom. The molecule has 0 bridgehead atoms. The maximum Gasteiger partial charge on any atom is 0.315 e. The SMILES string of the molecule is COC(=O)C1CCC(NC(=O)N[C@@H]2CC[C@H](C)C[C@H]2C)CC1. The van der Waals surface area contributed by atoms with Gasteiger partial charge < -0.3 is 15.4 Å². The van der Waals surface area contributed by atoms with Crippen LogP contribution in [0.2, 0.25) is 0 Å². The van der Waals surface area contributed by atoms with Crippen molar-refractivity contribution in [3.63, 3.8) is 0 Å². The van der Waals surface area contributed by atoms with Crippen molar-refractivity contribution < 1.29 is 14.3 Å². The molecule has 0 aliphatic heterocycles. The van der Waals surface area contributed by atoms with Crippen molar-refractivity contribution in [2.75, 3.05) is 7.11 Å². The molecular weight excluding hydrogens is 280 g/mol. The molecule has 0 unspecified atom stereocenters. The number of urea groups is 1. The zero-order valence-electron chi connectivity index (χ0n) is 14.1. The van der Waals surface area contributed by atoms with E-state index in [0.717, 1.165) is 38.0 Å². The molecule has 0 aromatic carbocycles. The van der Waals surface area contributed by atoms with Crippen LogP contribution in [-0.4, -0.2) is 31.2 Å². The van der Waals surface area contributed by atoms with Crippen LogP contribution in [0.15, 0.2) is 0 Å². The fourth-order valence-electron chi connectivity index (χ4n) is 3.92. The molecule has 5 nitrogen and oxygen atoms in total. The van der Waals surface area contributed by atoms with Crippen molar-refractivity contribution in [2.24, 2.45) is 17.8 Å². The lowest BCUT2D eigenvalue weighted by Gasteiger charge is -2.34. The monoisotopic (exact) mass is 310 g/mol. The van der Waals surface area contributed by atoms with Crippen LogP contribution in [0.5, 0.6) is 0 Å². The molecule has 2 N–H and O–H groups in total. The van der Waals surface area contributed by atoms with E-state index in [1.807, 2.05) is 0 Å². The van der Waals surface area contributed by atoms with Gasteiger partial charge in [0, 0.05) is 12.1 Å². The van der Waals surface area contributed by atoms with Gasteiger partial charge in [0.2, 0.25) is 0 Å². The lowest BCUT2D eigenvalue weighted by atomic mass is 9.80. The summed E-state index contributed by atoms with van der Waals surface area (Å²) < 4.78 is 4.79. The number of esters is 1. The summed E-state index contributed by atoms with van der Waals surface area (Å²) in [5.74, 6) is 1.20. The van der Waals surface area contributed by atoms with Crippen molar-refractivity contribution in [3.8, 4) is 0 Å². The highest BCUT2D eigenvalue weighted by atomic mass is 16.5. The van der Waals surface area contributed by atoms with E-state index < -0.39 is 0 Å². The lowest BCUT2D eigenvalue weighted by Crippen LogP contribution is -2.50. The number of carbonyl (C=O) groups is 2. The van der Waals surface area contributed by atoms with Crippen molar-refractivity contribution in [2.45, 2.75) is 70.9 Å². The maximum absolute atomic E-state index is 12.2. The van der Waals surface area contributed by atoms with Gasteiger partial charge in [0.15, 0.2) is 0 Å². The van der Waals surface area contributed by atoms with Crippen LogP contribution >= 0.6 is 0 Å². The molecule has 3 atom stereocenters. The molecule has 2 amide bonds. The summed E-state index contributed by atoms with van der Waals surface area (Å²) in [7, 11) is 1.44. The fourth-order valence-corrected chi connectivity index (χ4v) is 3.92. The number of hydrogen-bond donors (Lipinski definition) is 2. The normalized spacial score (nSPS) is 35.5. The largest absolute Gasteiger partial charge is 0.469 e. The number of carbonyl (C=O) groups excluding carboxylic acids is 2. The van der Waals surface area contributed by atoms with Gasteiger partial charge in [-0.25, -0.2) is 4.79 Å². The van der Waals surface area contributed by atoms with Gasteiger partial charge in [-0.1, -0.05) is 13.8 Å². The zero-order chi connectivity index (χ0) is 16.1. The van der Waals surface area contributed by atoms with Gasteiger partial charge >= 0.3 is 12.0 Å². The van der Waals surface area contributed by atoms with Gasteiger partial charge in [0.1, 0.15) is 0 Å². The minimum Gasteiger partial charge on any atom is -0.469 e. The van der Waals surface area contributed by atoms with Crippen molar-refractivity contribution in [3.05, 3.63) is 0 Å². The second-order valence-corrected chi connectivity index (χ2v) is 7.19. The standard InChI is InChI=1S/C17H30N2O3/c1-11-4-9-15(12(2)10-11)19-17(21)18-14-7-5-13(6-8-14)16(20)22-3/h11-15H,4-10H2,1-3H3,(H2,18,19,21)/t11-,12+,13?,14?,15+/m0/s1. The van der Waals surface area contributed by atoms with Crippen LogP contribution in [-0.2, 0) is 9.53 Å². The van der Waals surface area contributed by atoms with Crippen molar-refractivity contribution in [1.29, 1.82) is 0 Å². The van der Waals surface area contributed by atoms with Crippen LogP contribution in [0.25, 0.3) is 0 Å². The highest BCUT2D eigenvalue weighted by Gasteiger charge is 2.29. The van der Waals surface area contributed by atoms with Crippen LogP contribution in [0.1, 0.15) is 58.8 Å². The minimum atomic E-state index is -0.118. The molecule has 2 aliphatic carbocycles. The number of amides is 2. The number of nitrogens with one attached hydrogen (secondary N) is 2. The van der Waals surface area contributed by atoms with Crippen LogP contribution < -0.4 is 10.6 Å². The predicted octanol–water partition coefficient (Wildman–Crippen LogP) is 2.84. The third kappa shape index (κ3) is 4.62. The number of methoxy groups -OCH3 is 1. The Labute approximate surface area is 133 Å². The summed E-state index contributed by atoms with van der Waals surface area (Å²) in [6, 6.07) is 0.425. The average Bonchev–Trinajstić information content (AvgIpc) is 2.50. The van der Waals surface area contributed by atoms with E-state index in [4.69, 9.17) is 4.74 Å². The van der Waals surface area contributed by atoms with Gasteiger partial charge in [0.25, 0.3) is 0 Å². The third-order valence-corrected chi connectivity index (χ3v) is 5.34. The predicted molar refractivity (Wildman–Crippen MR) is 85.4 cm³/mol. The van der Waals surface area contributed by atoms with E-state index in [-0.39, 0.29) is 24.0 Å². The molecular formula is C17H30N2O3. The molecule has 0 saturated heterocycles. The Kier molecular flexibility index (Phi) is 6.09. The Hall–Kier alpha value is -1.26. The molecule has 0 radical (unpaired) electrons. The molecule has 22 heavy (non-hydrogen) atoms. The topological polar surface area (TPSA) is 67.4 Å². The van der Waals surface area contributed by atoms with E-state index in [1.165, 1.54) is 20.0 Å². The van der Waals surface area contributed by atoms with Gasteiger partial charge in [-0.15, -0.1) is 0 Å². The van der Waals surface area contributed by atoms with Crippen LogP contribution in [0, 0.1) is 17.8 Å². The van der Waals surface area contributed by atoms with Crippen LogP contribution in [0.4, 0.5) is 4.79 Å². The Bertz CT molecular complexity index is 391. The number of rotatable bonds is 3. The molecule has 0 aromatic rings. The molecule has 5 heteroatoms. The summed E-state index contributed by atoms with van der Waals surface area (Å²) in [5.41, 5.74) is 0. The molecule has 126 valence electrons. The zero-order valence-corrected chi connectivity index (χ0v) is 14.1. The van der Waals surface area contributed by atoms with Crippen LogP contribution in [0.3, 0.4) is 0 Å². The Balaban J connectivity index is 1.71. The highest BCUT2D eigenvalue weighted by molar-refractivity contribution is 5.75. The molecule has 0 aromatic heterocycles. The first kappa shape index (κ1) is 17.1. The van der Waals surface area contributed by atoms with E-state index in [0.29, 0.717) is 12.0 Å². The minimum absolute atomic E-state index is 0.00552. The second-order valence-electron chi connectivity index (χ2n) is 7.19. The smallest absolute Gasteiger partial charge is 0.315 e. The fraction of sp³-hybridized carbons (Fsp3) is 0.882. The Morgan fingerprint density at radius 3 is 2.23 bits per heavy atom. The van der Waals surface area contributed by atoms with E-state index in [1.54, 1.807) is 0 Å². The van der Waals surface area contributed by atoms with Gasteiger partial charge in [-0.2, -0.15) is 0 Å². The first-order valence-corrected chi connectivity index (χ1v) is 8.64. The van der Waals surface area contributed by atoms with E-state index in [9.17, 15) is 9.59 Å². The van der Waals surface area contributed by atoms with Gasteiger partial charge in [0.05, 0.1) is 13.0 Å². The number of ether oxygens (including phenoxy) is 1. The molecule has 2 aliphatic rings. The molecule has 2 saturated carbocycles. The summed E-state index contributed by atoms with van der Waals surface area (Å²) >= 11 is 0. The molecule has 2 fully saturated rings. The summed E-state index contributed by atoms with van der Waals surface area (Å²) in [4.78, 5) is 23.7. The lowest BCUT2D eigenvalue weighted by molar-refractivity contribution is -0.146. The number of hydrogen-bond acceptors (Lipinski definition) is 3. The third-order valence-electron chi connectivity index (χ3n) is 5.34. The highest BCUT2D eigenvalue weighted by Crippen LogP contribution is 2.29. The second kappa shape index (κ2) is 7.84. The maximum atomic E-state index is 12.2. The summed E-state index contributed by atoms with van der Waals surface area (Å²) in [6.45, 7) is 4.51. The van der Waals surface area contributed by atoms with E-state index in [2.05, 4.69) is 24.5 Å².